The monoisotopic (exact) mass is 279 g/mol. The molecule has 0 unspecified atom stereocenters. The molecule has 0 fully saturated rings. The van der Waals surface area contributed by atoms with Crippen molar-refractivity contribution < 1.29 is 14.0 Å². The zero-order valence-corrected chi connectivity index (χ0v) is 11.6. The number of nitrogens with zero attached hydrogens (tertiary/aromatic N) is 2. The van der Waals surface area contributed by atoms with Gasteiger partial charge in [-0.15, -0.1) is 0 Å². The van der Waals surface area contributed by atoms with Crippen LogP contribution in [-0.4, -0.2) is 35.8 Å². The number of nitrogens with one attached hydrogen (secondary N) is 1. The summed E-state index contributed by atoms with van der Waals surface area (Å²) < 4.78 is 4.98. The molecular weight excluding hydrogens is 266 g/mol. The van der Waals surface area contributed by atoms with Crippen LogP contribution in [0.1, 0.15) is 25.9 Å². The highest BCUT2D eigenvalue weighted by Gasteiger charge is 2.18. The van der Waals surface area contributed by atoms with E-state index >= 15 is 0 Å². The van der Waals surface area contributed by atoms with Crippen molar-refractivity contribution in [1.29, 1.82) is 0 Å². The highest BCUT2D eigenvalue weighted by atomic mass is 32.1. The molecule has 0 aromatic carbocycles. The summed E-state index contributed by atoms with van der Waals surface area (Å²) in [6.07, 6.45) is 1.42. The standard InChI is InChI=1S/C12H13N3O3S/c1-7-9(11(17)15(2)3)19-12(13-7)14-10(16)8-5-4-6-18-8/h4-6H,1-3H3,(H,13,14,16). The number of amides is 2. The van der Waals surface area contributed by atoms with Gasteiger partial charge in [-0.05, 0) is 19.1 Å². The first-order valence-corrected chi connectivity index (χ1v) is 6.34. The first-order chi connectivity index (χ1) is 8.99. The molecule has 0 aliphatic rings. The van der Waals surface area contributed by atoms with Crippen molar-refractivity contribution in [1.82, 2.24) is 9.88 Å². The molecule has 0 aliphatic carbocycles. The lowest BCUT2D eigenvalue weighted by molar-refractivity contribution is 0.0831. The van der Waals surface area contributed by atoms with Crippen molar-refractivity contribution in [2.45, 2.75) is 6.92 Å². The number of furan rings is 1. The van der Waals surface area contributed by atoms with Gasteiger partial charge < -0.3 is 9.32 Å². The molecule has 0 aliphatic heterocycles. The molecule has 19 heavy (non-hydrogen) atoms. The van der Waals surface area contributed by atoms with Crippen LogP contribution in [-0.2, 0) is 0 Å². The molecule has 2 amide bonds. The van der Waals surface area contributed by atoms with E-state index in [0.29, 0.717) is 15.7 Å². The van der Waals surface area contributed by atoms with Gasteiger partial charge in [0.15, 0.2) is 10.9 Å². The lowest BCUT2D eigenvalue weighted by Crippen LogP contribution is -2.21. The molecule has 0 saturated carbocycles. The molecule has 2 rings (SSSR count). The van der Waals surface area contributed by atoms with Crippen molar-refractivity contribution in [2.75, 3.05) is 19.4 Å². The van der Waals surface area contributed by atoms with Gasteiger partial charge in [0.25, 0.3) is 11.8 Å². The fourth-order valence-electron chi connectivity index (χ4n) is 1.42. The highest BCUT2D eigenvalue weighted by molar-refractivity contribution is 7.17. The van der Waals surface area contributed by atoms with Crippen LogP contribution in [0.15, 0.2) is 22.8 Å². The van der Waals surface area contributed by atoms with E-state index in [-0.39, 0.29) is 17.6 Å². The van der Waals surface area contributed by atoms with E-state index in [0.717, 1.165) is 11.3 Å². The third-order valence-electron chi connectivity index (χ3n) is 2.36. The second-order valence-electron chi connectivity index (χ2n) is 4.06. The minimum absolute atomic E-state index is 0.131. The number of carbonyl (C=O) groups is 2. The zero-order valence-electron chi connectivity index (χ0n) is 10.8. The van der Waals surface area contributed by atoms with Gasteiger partial charge in [-0.2, -0.15) is 0 Å². The third kappa shape index (κ3) is 2.82. The summed E-state index contributed by atoms with van der Waals surface area (Å²) >= 11 is 1.15. The first-order valence-electron chi connectivity index (χ1n) is 5.53. The molecule has 0 spiro atoms. The lowest BCUT2D eigenvalue weighted by Gasteiger charge is -2.07. The average molecular weight is 279 g/mol. The van der Waals surface area contributed by atoms with E-state index in [1.807, 2.05) is 0 Å². The maximum atomic E-state index is 11.9. The van der Waals surface area contributed by atoms with Crippen LogP contribution < -0.4 is 5.32 Å². The Balaban J connectivity index is 2.17. The molecule has 0 radical (unpaired) electrons. The van der Waals surface area contributed by atoms with Crippen LogP contribution >= 0.6 is 11.3 Å². The van der Waals surface area contributed by atoms with Crippen LogP contribution in [0.5, 0.6) is 0 Å². The average Bonchev–Trinajstić information content (AvgIpc) is 2.97. The van der Waals surface area contributed by atoms with Gasteiger partial charge in [-0.3, -0.25) is 14.9 Å². The normalized spacial score (nSPS) is 10.3. The molecule has 0 bridgehead atoms. The van der Waals surface area contributed by atoms with Gasteiger partial charge in [0.1, 0.15) is 4.88 Å². The number of aryl methyl sites for hydroxylation is 1. The minimum atomic E-state index is -0.386. The van der Waals surface area contributed by atoms with Crippen molar-refractivity contribution in [2.24, 2.45) is 0 Å². The molecule has 7 heteroatoms. The Bertz CT molecular complexity index is 602. The predicted molar refractivity (Wildman–Crippen MR) is 71.5 cm³/mol. The summed E-state index contributed by atoms with van der Waals surface area (Å²) in [5.74, 6) is -0.315. The Morgan fingerprint density at radius 2 is 2.16 bits per heavy atom. The van der Waals surface area contributed by atoms with Crippen LogP contribution in [0.25, 0.3) is 0 Å². The topological polar surface area (TPSA) is 75.4 Å². The highest BCUT2D eigenvalue weighted by Crippen LogP contribution is 2.24. The Labute approximate surface area is 114 Å². The second kappa shape index (κ2) is 5.23. The van der Waals surface area contributed by atoms with Gasteiger partial charge in [0.05, 0.1) is 12.0 Å². The van der Waals surface area contributed by atoms with Crippen molar-refractivity contribution >= 4 is 28.3 Å². The Morgan fingerprint density at radius 1 is 1.42 bits per heavy atom. The number of hydrogen-bond donors (Lipinski definition) is 1. The maximum absolute atomic E-state index is 11.9. The van der Waals surface area contributed by atoms with Crippen LogP contribution in [0.4, 0.5) is 5.13 Å². The summed E-state index contributed by atoms with van der Waals surface area (Å²) in [6, 6.07) is 3.19. The third-order valence-corrected chi connectivity index (χ3v) is 3.42. The lowest BCUT2D eigenvalue weighted by atomic mass is 10.3. The smallest absolute Gasteiger partial charge is 0.293 e. The van der Waals surface area contributed by atoms with Gasteiger partial charge in [0.2, 0.25) is 0 Å². The molecule has 2 aromatic heterocycles. The van der Waals surface area contributed by atoms with Crippen molar-refractivity contribution in [3.05, 3.63) is 34.7 Å². The zero-order chi connectivity index (χ0) is 14.0. The molecule has 100 valence electrons. The Kier molecular flexibility index (Phi) is 3.66. The van der Waals surface area contributed by atoms with E-state index in [4.69, 9.17) is 4.42 Å². The van der Waals surface area contributed by atoms with Crippen LogP contribution in [0.3, 0.4) is 0 Å². The molecule has 0 atom stereocenters. The van der Waals surface area contributed by atoms with E-state index in [9.17, 15) is 9.59 Å². The molecule has 0 saturated heterocycles. The van der Waals surface area contributed by atoms with E-state index in [2.05, 4.69) is 10.3 Å². The molecule has 1 N–H and O–H groups in total. The largest absolute Gasteiger partial charge is 0.459 e. The van der Waals surface area contributed by atoms with Gasteiger partial charge in [-0.1, -0.05) is 11.3 Å². The van der Waals surface area contributed by atoms with Crippen LogP contribution in [0.2, 0.25) is 0 Å². The summed E-state index contributed by atoms with van der Waals surface area (Å²) in [6.45, 7) is 1.73. The Morgan fingerprint density at radius 3 is 2.74 bits per heavy atom. The van der Waals surface area contributed by atoms with Crippen molar-refractivity contribution in [3.63, 3.8) is 0 Å². The van der Waals surface area contributed by atoms with E-state index in [1.54, 1.807) is 33.2 Å². The number of carbonyl (C=O) groups excluding carboxylic acids is 2. The number of rotatable bonds is 3. The number of anilines is 1. The molecular formula is C12H13N3O3S. The van der Waals surface area contributed by atoms with E-state index in [1.165, 1.54) is 11.2 Å². The summed E-state index contributed by atoms with van der Waals surface area (Å²) in [7, 11) is 3.34. The maximum Gasteiger partial charge on any atom is 0.293 e. The summed E-state index contributed by atoms with van der Waals surface area (Å²) in [5, 5.41) is 2.98. The first kappa shape index (κ1) is 13.3. The number of thiazole rings is 1. The Hall–Kier alpha value is -2.15. The predicted octanol–water partition coefficient (Wildman–Crippen LogP) is 2.00. The van der Waals surface area contributed by atoms with Crippen LogP contribution in [0, 0.1) is 6.92 Å². The SMILES string of the molecule is Cc1nc(NC(=O)c2ccco2)sc1C(=O)N(C)C. The fraction of sp³-hybridized carbons (Fsp3) is 0.250. The summed E-state index contributed by atoms with van der Waals surface area (Å²) in [5.41, 5.74) is 0.596. The molecule has 6 nitrogen and oxygen atoms in total. The van der Waals surface area contributed by atoms with E-state index < -0.39 is 0 Å². The number of aromatic nitrogens is 1. The summed E-state index contributed by atoms with van der Waals surface area (Å²) in [4.78, 5) is 29.8. The fourth-order valence-corrected chi connectivity index (χ4v) is 2.40. The minimum Gasteiger partial charge on any atom is -0.459 e. The van der Waals surface area contributed by atoms with Crippen molar-refractivity contribution in [3.8, 4) is 0 Å². The van der Waals surface area contributed by atoms with Gasteiger partial charge in [-0.25, -0.2) is 4.98 Å². The second-order valence-corrected chi connectivity index (χ2v) is 5.06. The quantitative estimate of drug-likeness (QED) is 0.932. The molecule has 2 heterocycles. The molecule has 2 aromatic rings. The number of hydrogen-bond acceptors (Lipinski definition) is 5. The van der Waals surface area contributed by atoms with Gasteiger partial charge >= 0.3 is 0 Å². The van der Waals surface area contributed by atoms with Gasteiger partial charge in [0, 0.05) is 14.1 Å².